The van der Waals surface area contributed by atoms with Gasteiger partial charge in [0.2, 0.25) is 5.91 Å². The van der Waals surface area contributed by atoms with Crippen LogP contribution in [0.3, 0.4) is 0 Å². The summed E-state index contributed by atoms with van der Waals surface area (Å²) in [6.45, 7) is 0.451. The Morgan fingerprint density at radius 2 is 1.82 bits per heavy atom. The van der Waals surface area contributed by atoms with Crippen molar-refractivity contribution in [1.29, 1.82) is 0 Å². The highest BCUT2D eigenvalue weighted by Gasteiger charge is 2.40. The Hall–Kier alpha value is -3.58. The molecule has 8 heteroatoms. The molecular formula is C26H24ClFN2O4. The number of ether oxygens (including phenoxy) is 2. The first-order valence-electron chi connectivity index (χ1n) is 10.8. The van der Waals surface area contributed by atoms with E-state index in [1.54, 1.807) is 38.5 Å². The summed E-state index contributed by atoms with van der Waals surface area (Å²) in [5, 5.41) is 3.15. The van der Waals surface area contributed by atoms with Crippen LogP contribution in [0.4, 0.5) is 4.39 Å². The number of nitrogens with zero attached hydrogens (tertiary/aromatic N) is 1. The lowest BCUT2D eigenvalue weighted by Crippen LogP contribution is -2.39. The third kappa shape index (κ3) is 4.70. The normalized spacial score (nSPS) is 14.6. The molecule has 0 saturated carbocycles. The number of carbonyl (C=O) groups is 2. The van der Waals surface area contributed by atoms with Crippen molar-refractivity contribution in [2.75, 3.05) is 20.8 Å². The third-order valence-electron chi connectivity index (χ3n) is 5.82. The first-order valence-corrected chi connectivity index (χ1v) is 11.1. The molecule has 2 amide bonds. The van der Waals surface area contributed by atoms with E-state index in [0.29, 0.717) is 41.2 Å². The lowest BCUT2D eigenvalue weighted by Gasteiger charge is -2.25. The lowest BCUT2D eigenvalue weighted by molar-refractivity contribution is -0.125. The average Bonchev–Trinajstić information content (AvgIpc) is 3.12. The number of hydrogen-bond acceptors (Lipinski definition) is 4. The molecule has 1 aliphatic rings. The van der Waals surface area contributed by atoms with Gasteiger partial charge in [-0.3, -0.25) is 9.59 Å². The van der Waals surface area contributed by atoms with Gasteiger partial charge in [0.1, 0.15) is 11.9 Å². The van der Waals surface area contributed by atoms with Crippen LogP contribution < -0.4 is 14.8 Å². The average molecular weight is 483 g/mol. The fourth-order valence-electron chi connectivity index (χ4n) is 4.11. The van der Waals surface area contributed by atoms with Crippen LogP contribution in [0, 0.1) is 5.82 Å². The maximum Gasteiger partial charge on any atom is 0.255 e. The number of halogens is 2. The van der Waals surface area contributed by atoms with Crippen molar-refractivity contribution in [2.24, 2.45) is 0 Å². The second-order valence-electron chi connectivity index (χ2n) is 7.89. The van der Waals surface area contributed by atoms with Crippen LogP contribution in [-0.4, -0.2) is 37.5 Å². The van der Waals surface area contributed by atoms with Gasteiger partial charge in [-0.15, -0.1) is 0 Å². The number of benzene rings is 3. The molecule has 0 aliphatic carbocycles. The Bertz CT molecular complexity index is 1230. The summed E-state index contributed by atoms with van der Waals surface area (Å²) < 4.78 is 24.1. The summed E-state index contributed by atoms with van der Waals surface area (Å²) in [6, 6.07) is 15.8. The Morgan fingerprint density at radius 3 is 2.56 bits per heavy atom. The molecule has 4 rings (SSSR count). The van der Waals surface area contributed by atoms with Crippen LogP contribution in [0.1, 0.15) is 33.1 Å². The summed E-state index contributed by atoms with van der Waals surface area (Å²) in [5.74, 6) is 0.220. The molecule has 0 fully saturated rings. The molecule has 0 aromatic heterocycles. The van der Waals surface area contributed by atoms with Crippen LogP contribution in [-0.2, 0) is 17.8 Å². The molecule has 176 valence electrons. The topological polar surface area (TPSA) is 67.9 Å². The molecular weight excluding hydrogens is 459 g/mol. The second kappa shape index (κ2) is 10.1. The Labute approximate surface area is 202 Å². The molecule has 3 aromatic rings. The standard InChI is InChI=1S/C26H24ClFN2O4/c1-33-22-10-7-16(13-23(22)34-2)11-12-29-25(31)24-19-5-3-4-6-20(19)26(32)30(24)15-17-8-9-18(28)14-21(17)27/h3-10,13-14,24H,11-12,15H2,1-2H3,(H,29,31)/t24-/m0/s1. The van der Waals surface area contributed by atoms with Gasteiger partial charge in [-0.2, -0.15) is 0 Å². The minimum atomic E-state index is -0.810. The van der Waals surface area contributed by atoms with Crippen LogP contribution in [0.2, 0.25) is 5.02 Å². The van der Waals surface area contributed by atoms with Crippen molar-refractivity contribution in [3.63, 3.8) is 0 Å². The largest absolute Gasteiger partial charge is 0.493 e. The summed E-state index contributed by atoms with van der Waals surface area (Å²) >= 11 is 6.19. The minimum Gasteiger partial charge on any atom is -0.493 e. The maximum atomic E-state index is 13.5. The highest BCUT2D eigenvalue weighted by molar-refractivity contribution is 6.31. The molecule has 0 unspecified atom stereocenters. The molecule has 1 N–H and O–H groups in total. The van der Waals surface area contributed by atoms with E-state index >= 15 is 0 Å². The van der Waals surface area contributed by atoms with Gasteiger partial charge < -0.3 is 19.7 Å². The van der Waals surface area contributed by atoms with Crippen molar-refractivity contribution in [2.45, 2.75) is 19.0 Å². The van der Waals surface area contributed by atoms with Crippen molar-refractivity contribution in [1.82, 2.24) is 10.2 Å². The Morgan fingerprint density at radius 1 is 1.06 bits per heavy atom. The predicted molar refractivity (Wildman–Crippen MR) is 127 cm³/mol. The minimum absolute atomic E-state index is 0.0837. The van der Waals surface area contributed by atoms with E-state index in [0.717, 1.165) is 5.56 Å². The number of amides is 2. The van der Waals surface area contributed by atoms with Crippen molar-refractivity contribution < 1.29 is 23.5 Å². The van der Waals surface area contributed by atoms with E-state index in [1.807, 2.05) is 18.2 Å². The summed E-state index contributed by atoms with van der Waals surface area (Å²) in [5.41, 5.74) is 2.64. The smallest absolute Gasteiger partial charge is 0.255 e. The van der Waals surface area contributed by atoms with Gasteiger partial charge in [0.25, 0.3) is 5.91 Å². The maximum absolute atomic E-state index is 13.5. The van der Waals surface area contributed by atoms with Crippen LogP contribution in [0.5, 0.6) is 11.5 Å². The molecule has 1 atom stereocenters. The molecule has 3 aromatic carbocycles. The molecule has 0 bridgehead atoms. The molecule has 0 saturated heterocycles. The summed E-state index contributed by atoms with van der Waals surface area (Å²) in [6.07, 6.45) is 0.568. The van der Waals surface area contributed by atoms with Crippen LogP contribution >= 0.6 is 11.6 Å². The van der Waals surface area contributed by atoms with Crippen molar-refractivity contribution in [3.8, 4) is 11.5 Å². The van der Waals surface area contributed by atoms with E-state index in [-0.39, 0.29) is 23.4 Å². The number of rotatable bonds is 8. The van der Waals surface area contributed by atoms with E-state index < -0.39 is 11.9 Å². The van der Waals surface area contributed by atoms with Gasteiger partial charge in [-0.25, -0.2) is 4.39 Å². The third-order valence-corrected chi connectivity index (χ3v) is 6.18. The first-order chi connectivity index (χ1) is 16.4. The predicted octanol–water partition coefficient (Wildman–Crippen LogP) is 4.55. The van der Waals surface area contributed by atoms with E-state index in [2.05, 4.69) is 5.32 Å². The second-order valence-corrected chi connectivity index (χ2v) is 8.30. The fraction of sp³-hybridized carbons (Fsp3) is 0.231. The quantitative estimate of drug-likeness (QED) is 0.511. The van der Waals surface area contributed by atoms with Gasteiger partial charge >= 0.3 is 0 Å². The van der Waals surface area contributed by atoms with E-state index in [1.165, 1.54) is 23.1 Å². The summed E-state index contributed by atoms with van der Waals surface area (Å²) in [7, 11) is 3.14. The molecule has 1 heterocycles. The summed E-state index contributed by atoms with van der Waals surface area (Å²) in [4.78, 5) is 27.9. The molecule has 0 spiro atoms. The van der Waals surface area contributed by atoms with Gasteiger partial charge in [0.15, 0.2) is 11.5 Å². The molecule has 34 heavy (non-hydrogen) atoms. The lowest BCUT2D eigenvalue weighted by atomic mass is 10.0. The SMILES string of the molecule is COc1ccc(CCNC(=O)[C@@H]2c3ccccc3C(=O)N2Cc2ccc(F)cc2Cl)cc1OC. The van der Waals surface area contributed by atoms with Gasteiger partial charge in [-0.05, 0) is 53.4 Å². The van der Waals surface area contributed by atoms with Crippen LogP contribution in [0.15, 0.2) is 60.7 Å². The van der Waals surface area contributed by atoms with Gasteiger partial charge in [0.05, 0.1) is 14.2 Å². The number of hydrogen-bond donors (Lipinski definition) is 1. The zero-order chi connectivity index (χ0) is 24.2. The number of methoxy groups -OCH3 is 2. The zero-order valence-corrected chi connectivity index (χ0v) is 19.6. The van der Waals surface area contributed by atoms with Crippen LogP contribution in [0.25, 0.3) is 0 Å². The molecule has 1 aliphatic heterocycles. The van der Waals surface area contributed by atoms with Crippen molar-refractivity contribution >= 4 is 23.4 Å². The zero-order valence-electron chi connectivity index (χ0n) is 18.8. The molecule has 6 nitrogen and oxygen atoms in total. The number of fused-ring (bicyclic) bond motifs is 1. The fourth-order valence-corrected chi connectivity index (χ4v) is 4.34. The van der Waals surface area contributed by atoms with E-state index in [4.69, 9.17) is 21.1 Å². The highest BCUT2D eigenvalue weighted by atomic mass is 35.5. The Balaban J connectivity index is 1.51. The highest BCUT2D eigenvalue weighted by Crippen LogP contribution is 2.36. The Kier molecular flexibility index (Phi) is 7.03. The number of carbonyl (C=O) groups excluding carboxylic acids is 2. The number of nitrogens with one attached hydrogen (secondary N) is 1. The monoisotopic (exact) mass is 482 g/mol. The van der Waals surface area contributed by atoms with E-state index in [9.17, 15) is 14.0 Å². The molecule has 0 radical (unpaired) electrons. The van der Waals surface area contributed by atoms with Crippen molar-refractivity contribution in [3.05, 3.63) is 93.8 Å². The van der Waals surface area contributed by atoms with Gasteiger partial charge in [-0.1, -0.05) is 41.9 Å². The first kappa shape index (κ1) is 23.6. The van der Waals surface area contributed by atoms with Gasteiger partial charge in [0, 0.05) is 23.7 Å².